The molecule has 0 bridgehead atoms. The van der Waals surface area contributed by atoms with Crippen molar-refractivity contribution in [3.63, 3.8) is 0 Å². The summed E-state index contributed by atoms with van der Waals surface area (Å²) in [5.74, 6) is -0.498. The van der Waals surface area contributed by atoms with Gasteiger partial charge in [-0.1, -0.05) is 0 Å². The largest absolute Gasteiger partial charge is 0.494 e. The lowest BCUT2D eigenvalue weighted by molar-refractivity contribution is -0.136. The Labute approximate surface area is 195 Å². The number of carbonyl (C=O) groups excluding carboxylic acids is 1. The Kier molecular flexibility index (Phi) is 8.36. The van der Waals surface area contributed by atoms with Gasteiger partial charge in [-0.25, -0.2) is 13.8 Å². The van der Waals surface area contributed by atoms with E-state index in [1.807, 2.05) is 4.90 Å². The van der Waals surface area contributed by atoms with Gasteiger partial charge in [-0.2, -0.15) is 17.5 Å². The van der Waals surface area contributed by atoms with Gasteiger partial charge in [0, 0.05) is 64.3 Å². The molecule has 1 aromatic rings. The number of anilines is 1. The van der Waals surface area contributed by atoms with E-state index in [2.05, 4.69) is 5.29 Å². The number of rotatable bonds is 9. The minimum absolute atomic E-state index is 0.0462. The first-order valence-electron chi connectivity index (χ1n) is 10.8. The quantitative estimate of drug-likeness (QED) is 0.309. The standard InChI is InChI=1S/C20H27F3N4O6S/c21-20(22,23)6-1-13-33-17-4-2-16(3-5-17)26-9-11-27(12-10-26)34(30,31)19(18(28)24-25-29)7-14-32-15-8-19/h2-5H,1,6-15H2,(H,24,28,29). The first-order valence-corrected chi connectivity index (χ1v) is 12.3. The van der Waals surface area contributed by atoms with E-state index in [4.69, 9.17) is 9.47 Å². The molecule has 2 fully saturated rings. The van der Waals surface area contributed by atoms with Gasteiger partial charge in [-0.05, 0) is 30.7 Å². The van der Waals surface area contributed by atoms with Crippen molar-refractivity contribution >= 4 is 21.6 Å². The predicted molar refractivity (Wildman–Crippen MR) is 117 cm³/mol. The number of sulfonamides is 1. The maximum atomic E-state index is 13.4. The number of hydrogen-bond donors (Lipinski definition) is 1. The van der Waals surface area contributed by atoms with Crippen LogP contribution in [0, 0.1) is 4.91 Å². The fourth-order valence-corrected chi connectivity index (χ4v) is 6.20. The maximum Gasteiger partial charge on any atom is 0.389 e. The number of ether oxygens (including phenoxy) is 2. The molecule has 0 atom stereocenters. The van der Waals surface area contributed by atoms with Crippen molar-refractivity contribution in [1.82, 2.24) is 9.73 Å². The topological polar surface area (TPSA) is 118 Å². The maximum absolute atomic E-state index is 13.4. The van der Waals surface area contributed by atoms with Crippen LogP contribution in [0.3, 0.4) is 0 Å². The smallest absolute Gasteiger partial charge is 0.389 e. The summed E-state index contributed by atoms with van der Waals surface area (Å²) < 4.78 is 73.5. The first kappa shape index (κ1) is 26.2. The number of piperazine rings is 1. The van der Waals surface area contributed by atoms with Gasteiger partial charge in [-0.15, -0.1) is 4.91 Å². The Morgan fingerprint density at radius 3 is 2.29 bits per heavy atom. The van der Waals surface area contributed by atoms with Gasteiger partial charge in [0.15, 0.2) is 4.75 Å². The molecule has 2 aliphatic heterocycles. The van der Waals surface area contributed by atoms with Crippen molar-refractivity contribution < 1.29 is 35.9 Å². The van der Waals surface area contributed by atoms with Crippen LogP contribution >= 0.6 is 0 Å². The number of nitroso groups, excluding NO2 is 1. The number of alkyl halides is 3. The Balaban J connectivity index is 1.58. The molecule has 0 radical (unpaired) electrons. The second-order valence-electron chi connectivity index (χ2n) is 8.09. The summed E-state index contributed by atoms with van der Waals surface area (Å²) >= 11 is 0. The highest BCUT2D eigenvalue weighted by Crippen LogP contribution is 2.34. The summed E-state index contributed by atoms with van der Waals surface area (Å²) in [6.45, 7) is 1.13. The van der Waals surface area contributed by atoms with Gasteiger partial charge >= 0.3 is 6.18 Å². The Morgan fingerprint density at radius 2 is 1.74 bits per heavy atom. The molecule has 34 heavy (non-hydrogen) atoms. The molecule has 0 unspecified atom stereocenters. The molecule has 0 aliphatic carbocycles. The first-order chi connectivity index (χ1) is 16.1. The summed E-state index contributed by atoms with van der Waals surface area (Å²) in [5, 5.41) is 2.37. The van der Waals surface area contributed by atoms with Crippen LogP contribution in [0.1, 0.15) is 25.7 Å². The monoisotopic (exact) mass is 508 g/mol. The number of carbonyl (C=O) groups is 1. The minimum Gasteiger partial charge on any atom is -0.494 e. The van der Waals surface area contributed by atoms with Gasteiger partial charge in [0.2, 0.25) is 10.0 Å². The van der Waals surface area contributed by atoms with E-state index in [1.54, 1.807) is 29.7 Å². The van der Waals surface area contributed by atoms with Crippen molar-refractivity contribution in [2.75, 3.05) is 50.9 Å². The van der Waals surface area contributed by atoms with Crippen molar-refractivity contribution in [1.29, 1.82) is 0 Å². The van der Waals surface area contributed by atoms with E-state index in [9.17, 15) is 31.3 Å². The molecule has 10 nitrogen and oxygen atoms in total. The molecule has 2 saturated heterocycles. The Hall–Kier alpha value is -2.45. The van der Waals surface area contributed by atoms with Gasteiger partial charge in [0.25, 0.3) is 5.91 Å². The minimum atomic E-state index is -4.21. The number of amides is 1. The van der Waals surface area contributed by atoms with E-state index in [1.165, 1.54) is 4.31 Å². The zero-order chi connectivity index (χ0) is 24.8. The molecular weight excluding hydrogens is 481 g/mol. The molecule has 1 amide bonds. The fraction of sp³-hybridized carbons (Fsp3) is 0.650. The summed E-state index contributed by atoms with van der Waals surface area (Å²) in [5.41, 5.74) is 2.57. The lowest BCUT2D eigenvalue weighted by Crippen LogP contribution is -2.61. The summed E-state index contributed by atoms with van der Waals surface area (Å²) in [6.07, 6.45) is -5.37. The van der Waals surface area contributed by atoms with Crippen LogP contribution in [-0.2, 0) is 19.6 Å². The third kappa shape index (κ3) is 5.96. The highest BCUT2D eigenvalue weighted by molar-refractivity contribution is 7.91. The summed E-state index contributed by atoms with van der Waals surface area (Å²) in [7, 11) is -4.09. The Bertz CT molecular complexity index is 944. The zero-order valence-corrected chi connectivity index (χ0v) is 19.2. The third-order valence-corrected chi connectivity index (χ3v) is 8.64. The van der Waals surface area contributed by atoms with Crippen LogP contribution < -0.4 is 15.1 Å². The lowest BCUT2D eigenvalue weighted by atomic mass is 9.98. The van der Waals surface area contributed by atoms with Gasteiger partial charge in [0.1, 0.15) is 5.75 Å². The van der Waals surface area contributed by atoms with E-state index in [0.29, 0.717) is 18.8 Å². The van der Waals surface area contributed by atoms with E-state index in [0.717, 1.165) is 5.69 Å². The summed E-state index contributed by atoms with van der Waals surface area (Å²) in [4.78, 5) is 25.0. The average Bonchev–Trinajstić information content (AvgIpc) is 2.82. The normalized spacial score (nSPS) is 19.4. The van der Waals surface area contributed by atoms with Crippen LogP contribution in [-0.4, -0.2) is 75.6 Å². The molecule has 0 saturated carbocycles. The zero-order valence-electron chi connectivity index (χ0n) is 18.4. The fourth-order valence-electron chi connectivity index (χ4n) is 4.10. The van der Waals surface area contributed by atoms with Gasteiger partial charge < -0.3 is 14.4 Å². The van der Waals surface area contributed by atoms with Crippen molar-refractivity contribution in [2.45, 2.75) is 36.6 Å². The molecule has 0 spiro atoms. The SMILES string of the molecule is O=NNC(=O)C1(S(=O)(=O)N2CCN(c3ccc(OCCCC(F)(F)F)cc3)CC2)CCOCC1. The molecule has 2 aliphatic rings. The average molecular weight is 509 g/mol. The van der Waals surface area contributed by atoms with Crippen LogP contribution in [0.4, 0.5) is 18.9 Å². The van der Waals surface area contributed by atoms with Crippen LogP contribution in [0.25, 0.3) is 0 Å². The van der Waals surface area contributed by atoms with E-state index >= 15 is 0 Å². The molecule has 0 aromatic heterocycles. The molecular formula is C20H27F3N4O6S. The number of halogens is 3. The Morgan fingerprint density at radius 1 is 1.12 bits per heavy atom. The van der Waals surface area contributed by atoms with Crippen LogP contribution in [0.5, 0.6) is 5.75 Å². The second-order valence-corrected chi connectivity index (χ2v) is 10.3. The highest BCUT2D eigenvalue weighted by Gasteiger charge is 2.54. The molecule has 190 valence electrons. The number of nitrogens with zero attached hydrogens (tertiary/aromatic N) is 3. The molecule has 2 heterocycles. The third-order valence-electron chi connectivity index (χ3n) is 6.01. The lowest BCUT2D eigenvalue weighted by Gasteiger charge is -2.41. The summed E-state index contributed by atoms with van der Waals surface area (Å²) in [6, 6.07) is 6.82. The van der Waals surface area contributed by atoms with Crippen LogP contribution in [0.2, 0.25) is 0 Å². The molecule has 14 heteroatoms. The van der Waals surface area contributed by atoms with Gasteiger partial charge in [0.05, 0.1) is 11.9 Å². The van der Waals surface area contributed by atoms with E-state index in [-0.39, 0.29) is 52.2 Å². The van der Waals surface area contributed by atoms with Crippen molar-refractivity contribution in [2.24, 2.45) is 5.29 Å². The van der Waals surface area contributed by atoms with E-state index < -0.39 is 33.3 Å². The number of nitrogens with one attached hydrogen (secondary N) is 1. The highest BCUT2D eigenvalue weighted by atomic mass is 32.2. The number of hydrogen-bond acceptors (Lipinski definition) is 8. The van der Waals surface area contributed by atoms with Gasteiger partial charge in [-0.3, -0.25) is 4.79 Å². The predicted octanol–water partition coefficient (Wildman–Crippen LogP) is 2.21. The second kappa shape index (κ2) is 10.9. The number of benzene rings is 1. The molecule has 1 N–H and O–H groups in total. The molecule has 1 aromatic carbocycles. The van der Waals surface area contributed by atoms with Crippen molar-refractivity contribution in [3.05, 3.63) is 29.2 Å². The van der Waals surface area contributed by atoms with Crippen LogP contribution in [0.15, 0.2) is 29.6 Å². The van der Waals surface area contributed by atoms with Crippen molar-refractivity contribution in [3.8, 4) is 5.75 Å². The molecule has 3 rings (SSSR count).